The Hall–Kier alpha value is -1.43. The van der Waals surface area contributed by atoms with Gasteiger partial charge in [0.25, 0.3) is 0 Å². The standard InChI is InChI=1S/C14H25N5O/c1-3-15-9-8-13(20)16-11(2)14-18-17-12-7-5-4-6-10-19(12)14/h11,15H,3-10H2,1-2H3,(H,16,20). The van der Waals surface area contributed by atoms with Gasteiger partial charge in [0, 0.05) is 25.9 Å². The number of amides is 1. The smallest absolute Gasteiger partial charge is 0.221 e. The number of carbonyl (C=O) groups is 1. The van der Waals surface area contributed by atoms with Crippen LogP contribution in [0.3, 0.4) is 0 Å². The van der Waals surface area contributed by atoms with E-state index < -0.39 is 0 Å². The molecule has 2 N–H and O–H groups in total. The first-order chi connectivity index (χ1) is 9.72. The first-order valence-electron chi connectivity index (χ1n) is 7.64. The fourth-order valence-electron chi connectivity index (χ4n) is 2.58. The zero-order chi connectivity index (χ0) is 14.4. The molecule has 0 bridgehead atoms. The predicted octanol–water partition coefficient (Wildman–Crippen LogP) is 1.18. The van der Waals surface area contributed by atoms with Crippen LogP contribution in [0.4, 0.5) is 0 Å². The largest absolute Gasteiger partial charge is 0.346 e. The van der Waals surface area contributed by atoms with Crippen molar-refractivity contribution in [2.45, 2.75) is 58.5 Å². The Morgan fingerprint density at radius 2 is 2.20 bits per heavy atom. The number of hydrogen-bond donors (Lipinski definition) is 2. The second kappa shape index (κ2) is 7.38. The van der Waals surface area contributed by atoms with Crippen LogP contribution >= 0.6 is 0 Å². The van der Waals surface area contributed by atoms with E-state index in [9.17, 15) is 4.79 Å². The van der Waals surface area contributed by atoms with Crippen LogP contribution in [0.1, 0.15) is 57.2 Å². The molecule has 6 heteroatoms. The number of aryl methyl sites for hydroxylation is 1. The minimum atomic E-state index is -0.0801. The van der Waals surface area contributed by atoms with E-state index in [0.717, 1.165) is 31.2 Å². The van der Waals surface area contributed by atoms with Gasteiger partial charge in [0.1, 0.15) is 5.82 Å². The van der Waals surface area contributed by atoms with Gasteiger partial charge < -0.3 is 15.2 Å². The topological polar surface area (TPSA) is 71.8 Å². The summed E-state index contributed by atoms with van der Waals surface area (Å²) in [5.74, 6) is 2.01. The lowest BCUT2D eigenvalue weighted by atomic mass is 10.2. The molecular weight excluding hydrogens is 254 g/mol. The van der Waals surface area contributed by atoms with E-state index in [-0.39, 0.29) is 11.9 Å². The maximum atomic E-state index is 11.9. The maximum absolute atomic E-state index is 11.9. The molecule has 1 aliphatic heterocycles. The summed E-state index contributed by atoms with van der Waals surface area (Å²) in [6, 6.07) is -0.0801. The summed E-state index contributed by atoms with van der Waals surface area (Å²) in [6.07, 6.45) is 5.08. The van der Waals surface area contributed by atoms with Crippen molar-refractivity contribution < 1.29 is 4.79 Å². The zero-order valence-corrected chi connectivity index (χ0v) is 12.5. The fraction of sp³-hybridized carbons (Fsp3) is 0.786. The Morgan fingerprint density at radius 1 is 1.35 bits per heavy atom. The van der Waals surface area contributed by atoms with Crippen molar-refractivity contribution in [2.24, 2.45) is 0 Å². The molecule has 0 aromatic carbocycles. The van der Waals surface area contributed by atoms with Gasteiger partial charge in [-0.15, -0.1) is 10.2 Å². The van der Waals surface area contributed by atoms with Gasteiger partial charge in [-0.05, 0) is 26.3 Å². The lowest BCUT2D eigenvalue weighted by Gasteiger charge is -2.15. The number of rotatable bonds is 6. The van der Waals surface area contributed by atoms with Crippen molar-refractivity contribution in [3.05, 3.63) is 11.6 Å². The van der Waals surface area contributed by atoms with E-state index >= 15 is 0 Å². The monoisotopic (exact) mass is 279 g/mol. The Kier molecular flexibility index (Phi) is 5.52. The Morgan fingerprint density at radius 3 is 3.00 bits per heavy atom. The van der Waals surface area contributed by atoms with Gasteiger partial charge in [-0.3, -0.25) is 4.79 Å². The third-order valence-electron chi connectivity index (χ3n) is 3.68. The SMILES string of the molecule is CCNCCC(=O)NC(C)c1nnc2n1CCCCC2. The number of fused-ring (bicyclic) bond motifs is 1. The molecule has 1 amide bonds. The van der Waals surface area contributed by atoms with E-state index in [1.165, 1.54) is 19.3 Å². The molecule has 1 atom stereocenters. The molecule has 0 spiro atoms. The van der Waals surface area contributed by atoms with Crippen molar-refractivity contribution in [3.63, 3.8) is 0 Å². The number of nitrogens with one attached hydrogen (secondary N) is 2. The maximum Gasteiger partial charge on any atom is 0.221 e. The van der Waals surface area contributed by atoms with Gasteiger partial charge >= 0.3 is 0 Å². The van der Waals surface area contributed by atoms with Gasteiger partial charge in [0.15, 0.2) is 5.82 Å². The molecule has 1 aromatic heterocycles. The second-order valence-electron chi connectivity index (χ2n) is 5.33. The van der Waals surface area contributed by atoms with E-state index in [4.69, 9.17) is 0 Å². The molecule has 20 heavy (non-hydrogen) atoms. The molecule has 0 saturated carbocycles. The quantitative estimate of drug-likeness (QED) is 0.767. The zero-order valence-electron chi connectivity index (χ0n) is 12.5. The highest BCUT2D eigenvalue weighted by molar-refractivity contribution is 5.76. The summed E-state index contributed by atoms with van der Waals surface area (Å²) in [5, 5.41) is 14.7. The van der Waals surface area contributed by atoms with Crippen LogP contribution in [0.2, 0.25) is 0 Å². The number of carbonyl (C=O) groups excluding carboxylic acids is 1. The van der Waals surface area contributed by atoms with Gasteiger partial charge in [-0.25, -0.2) is 0 Å². The molecule has 0 radical (unpaired) electrons. The predicted molar refractivity (Wildman–Crippen MR) is 77.3 cm³/mol. The highest BCUT2D eigenvalue weighted by Gasteiger charge is 2.20. The third-order valence-corrected chi connectivity index (χ3v) is 3.68. The number of hydrogen-bond acceptors (Lipinski definition) is 4. The molecule has 6 nitrogen and oxygen atoms in total. The van der Waals surface area contributed by atoms with E-state index in [0.29, 0.717) is 13.0 Å². The summed E-state index contributed by atoms with van der Waals surface area (Å²) in [4.78, 5) is 11.9. The third kappa shape index (κ3) is 3.79. The van der Waals surface area contributed by atoms with E-state index in [1.54, 1.807) is 0 Å². The molecular formula is C14H25N5O. The summed E-state index contributed by atoms with van der Waals surface area (Å²) in [6.45, 7) is 6.59. The summed E-state index contributed by atoms with van der Waals surface area (Å²) >= 11 is 0. The van der Waals surface area contributed by atoms with Crippen LogP contribution in [0.15, 0.2) is 0 Å². The molecule has 2 rings (SSSR count). The minimum Gasteiger partial charge on any atom is -0.346 e. The van der Waals surface area contributed by atoms with E-state index in [2.05, 4.69) is 25.4 Å². The van der Waals surface area contributed by atoms with Crippen molar-refractivity contribution in [1.82, 2.24) is 25.4 Å². The molecule has 1 aromatic rings. The van der Waals surface area contributed by atoms with Crippen molar-refractivity contribution in [2.75, 3.05) is 13.1 Å². The number of aromatic nitrogens is 3. The van der Waals surface area contributed by atoms with Crippen LogP contribution in [0, 0.1) is 0 Å². The average molecular weight is 279 g/mol. The molecule has 1 unspecified atom stereocenters. The molecule has 0 aliphatic carbocycles. The van der Waals surface area contributed by atoms with Crippen molar-refractivity contribution >= 4 is 5.91 Å². The molecule has 112 valence electrons. The summed E-state index contributed by atoms with van der Waals surface area (Å²) < 4.78 is 2.18. The van der Waals surface area contributed by atoms with Gasteiger partial charge in [-0.1, -0.05) is 13.3 Å². The van der Waals surface area contributed by atoms with E-state index in [1.807, 2.05) is 13.8 Å². The summed E-state index contributed by atoms with van der Waals surface area (Å²) in [7, 11) is 0. The Balaban J connectivity index is 1.94. The molecule has 2 heterocycles. The van der Waals surface area contributed by atoms with Crippen LogP contribution in [0.5, 0.6) is 0 Å². The first-order valence-corrected chi connectivity index (χ1v) is 7.64. The normalized spacial score (nSPS) is 16.3. The lowest BCUT2D eigenvalue weighted by Crippen LogP contribution is -2.31. The van der Waals surface area contributed by atoms with Gasteiger partial charge in [0.2, 0.25) is 5.91 Å². The molecule has 0 fully saturated rings. The Bertz CT molecular complexity index is 443. The van der Waals surface area contributed by atoms with Crippen molar-refractivity contribution in [1.29, 1.82) is 0 Å². The average Bonchev–Trinajstić information content (AvgIpc) is 2.68. The van der Waals surface area contributed by atoms with Crippen LogP contribution < -0.4 is 10.6 Å². The first kappa shape index (κ1) is 15.0. The second-order valence-corrected chi connectivity index (χ2v) is 5.33. The van der Waals surface area contributed by atoms with Gasteiger partial charge in [0.05, 0.1) is 6.04 Å². The molecule has 1 aliphatic rings. The minimum absolute atomic E-state index is 0.0596. The van der Waals surface area contributed by atoms with Crippen molar-refractivity contribution in [3.8, 4) is 0 Å². The Labute approximate surface area is 120 Å². The van der Waals surface area contributed by atoms with Crippen LogP contribution in [0.25, 0.3) is 0 Å². The lowest BCUT2D eigenvalue weighted by molar-refractivity contribution is -0.121. The highest BCUT2D eigenvalue weighted by atomic mass is 16.1. The van der Waals surface area contributed by atoms with Gasteiger partial charge in [-0.2, -0.15) is 0 Å². The van der Waals surface area contributed by atoms with Crippen LogP contribution in [-0.4, -0.2) is 33.8 Å². The van der Waals surface area contributed by atoms with Crippen LogP contribution in [-0.2, 0) is 17.8 Å². The fourth-order valence-corrected chi connectivity index (χ4v) is 2.58. The highest BCUT2D eigenvalue weighted by Crippen LogP contribution is 2.18. The molecule has 0 saturated heterocycles. The number of nitrogens with zero attached hydrogens (tertiary/aromatic N) is 3. The summed E-state index contributed by atoms with van der Waals surface area (Å²) in [5.41, 5.74) is 0.